The van der Waals surface area contributed by atoms with E-state index in [4.69, 9.17) is 9.15 Å². The van der Waals surface area contributed by atoms with Crippen LogP contribution in [0.15, 0.2) is 47.1 Å². The Labute approximate surface area is 173 Å². The molecular formula is C22H23FN2O3S. The van der Waals surface area contributed by atoms with E-state index in [1.54, 1.807) is 18.2 Å². The molecule has 0 spiro atoms. The zero-order valence-corrected chi connectivity index (χ0v) is 17.2. The molecule has 1 amide bonds. The van der Waals surface area contributed by atoms with Gasteiger partial charge in [0.15, 0.2) is 5.76 Å². The largest absolute Gasteiger partial charge is 0.459 e. The summed E-state index contributed by atoms with van der Waals surface area (Å²) in [6.07, 6.45) is 1.47. The SMILES string of the molecule is Cc1sc(NC(=O)c2ccco2)c(C(c2ccccc2F)N2CCOCC2)c1C. The minimum atomic E-state index is -0.313. The monoisotopic (exact) mass is 414 g/mol. The van der Waals surface area contributed by atoms with E-state index in [-0.39, 0.29) is 23.5 Å². The topological polar surface area (TPSA) is 54.7 Å². The second-order valence-corrected chi connectivity index (χ2v) is 8.25. The highest BCUT2D eigenvalue weighted by molar-refractivity contribution is 7.16. The van der Waals surface area contributed by atoms with Crippen LogP contribution in [0.3, 0.4) is 0 Å². The van der Waals surface area contributed by atoms with Gasteiger partial charge in [0.25, 0.3) is 5.91 Å². The molecule has 7 heteroatoms. The third-order valence-corrected chi connectivity index (χ3v) is 6.43. The molecular weight excluding hydrogens is 391 g/mol. The lowest BCUT2D eigenvalue weighted by Gasteiger charge is -2.35. The van der Waals surface area contributed by atoms with E-state index >= 15 is 0 Å². The molecule has 152 valence electrons. The van der Waals surface area contributed by atoms with Gasteiger partial charge in [0.2, 0.25) is 0 Å². The average molecular weight is 415 g/mol. The second-order valence-electron chi connectivity index (χ2n) is 7.03. The summed E-state index contributed by atoms with van der Waals surface area (Å²) in [6, 6.07) is 9.84. The molecule has 1 unspecified atom stereocenters. The maximum atomic E-state index is 14.9. The Morgan fingerprint density at radius 1 is 1.17 bits per heavy atom. The van der Waals surface area contributed by atoms with Gasteiger partial charge in [-0.25, -0.2) is 4.39 Å². The number of hydrogen-bond donors (Lipinski definition) is 1. The number of carbonyl (C=O) groups excluding carboxylic acids is 1. The van der Waals surface area contributed by atoms with Gasteiger partial charge in [0.05, 0.1) is 25.5 Å². The Balaban J connectivity index is 1.79. The third-order valence-electron chi connectivity index (χ3n) is 5.29. The summed E-state index contributed by atoms with van der Waals surface area (Å²) in [5, 5.41) is 3.71. The number of thiophene rings is 1. The molecule has 4 rings (SSSR count). The molecule has 1 aliphatic heterocycles. The number of rotatable bonds is 5. The maximum Gasteiger partial charge on any atom is 0.291 e. The van der Waals surface area contributed by atoms with Crippen molar-refractivity contribution < 1.29 is 18.3 Å². The van der Waals surface area contributed by atoms with Crippen LogP contribution >= 0.6 is 11.3 Å². The number of nitrogens with one attached hydrogen (secondary N) is 1. The highest BCUT2D eigenvalue weighted by Crippen LogP contribution is 2.43. The zero-order chi connectivity index (χ0) is 20.4. The van der Waals surface area contributed by atoms with Crippen LogP contribution in [0, 0.1) is 19.7 Å². The first-order valence-electron chi connectivity index (χ1n) is 9.57. The number of hydrogen-bond acceptors (Lipinski definition) is 5. The van der Waals surface area contributed by atoms with Crippen molar-refractivity contribution in [3.63, 3.8) is 0 Å². The van der Waals surface area contributed by atoms with E-state index in [0.29, 0.717) is 31.9 Å². The average Bonchev–Trinajstić information content (AvgIpc) is 3.35. The summed E-state index contributed by atoms with van der Waals surface area (Å²) in [7, 11) is 0. The number of halogens is 1. The predicted octanol–water partition coefficient (Wildman–Crippen LogP) is 4.77. The lowest BCUT2D eigenvalue weighted by Crippen LogP contribution is -2.40. The molecule has 0 saturated carbocycles. The van der Waals surface area contributed by atoms with E-state index < -0.39 is 0 Å². The van der Waals surface area contributed by atoms with E-state index in [0.717, 1.165) is 21.0 Å². The molecule has 3 aromatic rings. The van der Waals surface area contributed by atoms with Gasteiger partial charge in [-0.1, -0.05) is 18.2 Å². The fourth-order valence-corrected chi connectivity index (χ4v) is 4.79. The second kappa shape index (κ2) is 8.49. The Morgan fingerprint density at radius 2 is 1.93 bits per heavy atom. The van der Waals surface area contributed by atoms with E-state index in [1.165, 1.54) is 23.7 Å². The van der Waals surface area contributed by atoms with Crippen LogP contribution in [-0.4, -0.2) is 37.1 Å². The van der Waals surface area contributed by atoms with Crippen molar-refractivity contribution in [1.82, 2.24) is 4.90 Å². The Morgan fingerprint density at radius 3 is 2.62 bits per heavy atom. The van der Waals surface area contributed by atoms with Gasteiger partial charge in [-0.2, -0.15) is 0 Å². The summed E-state index contributed by atoms with van der Waals surface area (Å²) in [4.78, 5) is 16.0. The molecule has 0 aliphatic carbocycles. The number of benzene rings is 1. The lowest BCUT2D eigenvalue weighted by molar-refractivity contribution is 0.0234. The van der Waals surface area contributed by atoms with Crippen molar-refractivity contribution in [3.8, 4) is 0 Å². The molecule has 0 bridgehead atoms. The normalized spacial score (nSPS) is 16.0. The van der Waals surface area contributed by atoms with Crippen LogP contribution < -0.4 is 5.32 Å². The van der Waals surface area contributed by atoms with Gasteiger partial charge >= 0.3 is 0 Å². The summed E-state index contributed by atoms with van der Waals surface area (Å²) >= 11 is 1.51. The number of nitrogens with zero attached hydrogens (tertiary/aromatic N) is 1. The van der Waals surface area contributed by atoms with Crippen molar-refractivity contribution in [2.75, 3.05) is 31.6 Å². The van der Waals surface area contributed by atoms with Crippen LogP contribution in [0.4, 0.5) is 9.39 Å². The van der Waals surface area contributed by atoms with Crippen LogP contribution in [0.25, 0.3) is 0 Å². The summed E-state index contributed by atoms with van der Waals surface area (Å²) in [5.74, 6) is -0.323. The minimum Gasteiger partial charge on any atom is -0.459 e. The van der Waals surface area contributed by atoms with Crippen molar-refractivity contribution in [1.29, 1.82) is 0 Å². The molecule has 1 saturated heterocycles. The Kier molecular flexibility index (Phi) is 5.80. The summed E-state index contributed by atoms with van der Waals surface area (Å²) in [5.41, 5.74) is 2.59. The fraction of sp³-hybridized carbons (Fsp3) is 0.318. The fourth-order valence-electron chi connectivity index (χ4n) is 3.71. The molecule has 3 heterocycles. The smallest absolute Gasteiger partial charge is 0.291 e. The van der Waals surface area contributed by atoms with Gasteiger partial charge in [-0.3, -0.25) is 9.69 Å². The lowest BCUT2D eigenvalue weighted by atomic mass is 9.94. The molecule has 1 fully saturated rings. The highest BCUT2D eigenvalue weighted by Gasteiger charge is 2.32. The van der Waals surface area contributed by atoms with E-state index in [1.807, 2.05) is 26.0 Å². The van der Waals surface area contributed by atoms with Gasteiger partial charge in [-0.15, -0.1) is 11.3 Å². The van der Waals surface area contributed by atoms with Gasteiger partial charge in [0.1, 0.15) is 10.8 Å². The van der Waals surface area contributed by atoms with Gasteiger partial charge in [0, 0.05) is 29.1 Å². The number of carbonyl (C=O) groups is 1. The third kappa shape index (κ3) is 3.99. The first-order chi connectivity index (χ1) is 14.1. The van der Waals surface area contributed by atoms with Crippen LogP contribution in [-0.2, 0) is 4.74 Å². The minimum absolute atomic E-state index is 0.244. The standard InChI is InChI=1S/C22H23FN2O3S/c1-14-15(2)29-22(24-21(26)18-8-5-11-28-18)19(14)20(25-9-12-27-13-10-25)16-6-3-4-7-17(16)23/h3-8,11,20H,9-10,12-13H2,1-2H3,(H,24,26). The molecule has 29 heavy (non-hydrogen) atoms. The molecule has 2 aromatic heterocycles. The van der Waals surface area contributed by atoms with Crippen molar-refractivity contribution in [2.24, 2.45) is 0 Å². The van der Waals surface area contributed by atoms with Gasteiger partial charge in [-0.05, 0) is 37.6 Å². The van der Waals surface area contributed by atoms with E-state index in [2.05, 4.69) is 10.2 Å². The Hall–Kier alpha value is -2.48. The Bertz CT molecular complexity index is 994. The van der Waals surface area contributed by atoms with E-state index in [9.17, 15) is 9.18 Å². The number of ether oxygens (including phenoxy) is 1. The van der Waals surface area contributed by atoms with Crippen molar-refractivity contribution >= 4 is 22.2 Å². The van der Waals surface area contributed by atoms with Crippen LogP contribution in [0.1, 0.15) is 38.2 Å². The molecule has 5 nitrogen and oxygen atoms in total. The van der Waals surface area contributed by atoms with Crippen molar-refractivity contribution in [2.45, 2.75) is 19.9 Å². The molecule has 1 aliphatic rings. The molecule has 1 atom stereocenters. The number of amides is 1. The zero-order valence-electron chi connectivity index (χ0n) is 16.4. The summed E-state index contributed by atoms with van der Waals surface area (Å²) in [6.45, 7) is 6.63. The number of anilines is 1. The first-order valence-corrected chi connectivity index (χ1v) is 10.4. The molecule has 1 aromatic carbocycles. The number of morpholine rings is 1. The van der Waals surface area contributed by atoms with Crippen LogP contribution in [0.5, 0.6) is 0 Å². The molecule has 1 N–H and O–H groups in total. The maximum absolute atomic E-state index is 14.9. The number of furan rings is 1. The summed E-state index contributed by atoms with van der Waals surface area (Å²) < 4.78 is 25.6. The van der Waals surface area contributed by atoms with Crippen molar-refractivity contribution in [3.05, 3.63) is 75.8 Å². The quantitative estimate of drug-likeness (QED) is 0.653. The number of aryl methyl sites for hydroxylation is 1. The van der Waals surface area contributed by atoms with Gasteiger partial charge < -0.3 is 14.5 Å². The molecule has 0 radical (unpaired) electrons. The van der Waals surface area contributed by atoms with Crippen LogP contribution in [0.2, 0.25) is 0 Å². The predicted molar refractivity (Wildman–Crippen MR) is 111 cm³/mol. The first kappa shape index (κ1) is 19.8. The highest BCUT2D eigenvalue weighted by atomic mass is 32.1.